The lowest BCUT2D eigenvalue weighted by molar-refractivity contribution is -0.142. The number of hydrogen-bond acceptors (Lipinski definition) is 6. The van der Waals surface area contributed by atoms with Crippen LogP contribution in [0, 0.1) is 0 Å². The molecule has 0 aliphatic heterocycles. The van der Waals surface area contributed by atoms with Gasteiger partial charge in [0.2, 0.25) is 0 Å². The molecule has 148 valence electrons. The normalized spacial score (nSPS) is 12.2. The minimum atomic E-state index is -3.41. The number of carboxylic acids is 1. The van der Waals surface area contributed by atoms with Gasteiger partial charge in [0.1, 0.15) is 5.15 Å². The number of halogens is 1. The van der Waals surface area contributed by atoms with E-state index in [0.29, 0.717) is 11.1 Å². The van der Waals surface area contributed by atoms with Crippen LogP contribution in [0.2, 0.25) is 5.15 Å². The standard InChI is InChI=1S/C19H18ClNO6S/c1-3-27-19(24)15(10-17(22)23)18(13-6-9-16(20)21-11-13)12-4-7-14(8-5-12)28(2,25)26/h4-9,11H,3,10H2,1-2H3,(H,22,23)/b18-15-. The van der Waals surface area contributed by atoms with Crippen molar-refractivity contribution < 1.29 is 27.9 Å². The summed E-state index contributed by atoms with van der Waals surface area (Å²) in [6.45, 7) is 1.68. The average molecular weight is 424 g/mol. The van der Waals surface area contributed by atoms with Crippen molar-refractivity contribution in [1.29, 1.82) is 0 Å². The number of aromatic nitrogens is 1. The highest BCUT2D eigenvalue weighted by Crippen LogP contribution is 2.30. The SMILES string of the molecule is CCOC(=O)/C(CC(=O)O)=C(/c1ccc(S(C)(=O)=O)cc1)c1ccc(Cl)nc1. The number of aliphatic carboxylic acids is 1. The fourth-order valence-electron chi connectivity index (χ4n) is 2.54. The van der Waals surface area contributed by atoms with Crippen LogP contribution in [0.3, 0.4) is 0 Å². The molecule has 1 heterocycles. The molecule has 1 N–H and O–H groups in total. The fourth-order valence-corrected chi connectivity index (χ4v) is 3.28. The predicted molar refractivity (Wildman–Crippen MR) is 104 cm³/mol. The van der Waals surface area contributed by atoms with Gasteiger partial charge in [0.15, 0.2) is 9.84 Å². The number of carboxylic acid groups (broad SMARTS) is 1. The number of benzene rings is 1. The van der Waals surface area contributed by atoms with Gasteiger partial charge in [-0.05, 0) is 36.8 Å². The molecule has 7 nitrogen and oxygen atoms in total. The second-order valence-electron chi connectivity index (χ2n) is 5.81. The molecule has 0 atom stereocenters. The maximum absolute atomic E-state index is 12.5. The molecule has 0 aliphatic carbocycles. The van der Waals surface area contributed by atoms with Crippen LogP contribution in [0.15, 0.2) is 53.1 Å². The lowest BCUT2D eigenvalue weighted by atomic mass is 9.92. The van der Waals surface area contributed by atoms with Crippen LogP contribution in [0.5, 0.6) is 0 Å². The van der Waals surface area contributed by atoms with Crippen molar-refractivity contribution in [3.8, 4) is 0 Å². The van der Waals surface area contributed by atoms with Crippen molar-refractivity contribution in [1.82, 2.24) is 4.98 Å². The van der Waals surface area contributed by atoms with Crippen molar-refractivity contribution in [3.63, 3.8) is 0 Å². The van der Waals surface area contributed by atoms with Gasteiger partial charge >= 0.3 is 11.9 Å². The van der Waals surface area contributed by atoms with Gasteiger partial charge in [-0.15, -0.1) is 0 Å². The molecular formula is C19H18ClNO6S. The zero-order chi connectivity index (χ0) is 20.9. The fraction of sp³-hybridized carbons (Fsp3) is 0.211. The molecule has 0 fully saturated rings. The van der Waals surface area contributed by atoms with Crippen LogP contribution in [0.25, 0.3) is 5.57 Å². The van der Waals surface area contributed by atoms with Crippen LogP contribution >= 0.6 is 11.6 Å². The number of esters is 1. The van der Waals surface area contributed by atoms with E-state index >= 15 is 0 Å². The maximum atomic E-state index is 12.5. The molecule has 0 spiro atoms. The number of pyridine rings is 1. The Morgan fingerprint density at radius 2 is 1.71 bits per heavy atom. The Bertz CT molecular complexity index is 1010. The monoisotopic (exact) mass is 423 g/mol. The number of ether oxygens (including phenoxy) is 1. The summed E-state index contributed by atoms with van der Waals surface area (Å²) in [7, 11) is -3.41. The van der Waals surface area contributed by atoms with Gasteiger partial charge in [-0.2, -0.15) is 0 Å². The van der Waals surface area contributed by atoms with Gasteiger partial charge in [0.05, 0.1) is 23.5 Å². The van der Waals surface area contributed by atoms with Crippen molar-refractivity contribution in [2.75, 3.05) is 12.9 Å². The number of hydrogen-bond donors (Lipinski definition) is 1. The van der Waals surface area contributed by atoms with Crippen molar-refractivity contribution >= 4 is 38.9 Å². The number of carbonyl (C=O) groups is 2. The van der Waals surface area contributed by atoms with E-state index in [1.165, 1.54) is 36.5 Å². The molecule has 0 radical (unpaired) electrons. The maximum Gasteiger partial charge on any atom is 0.335 e. The van der Waals surface area contributed by atoms with Crippen molar-refractivity contribution in [2.45, 2.75) is 18.2 Å². The highest BCUT2D eigenvalue weighted by Gasteiger charge is 2.23. The first kappa shape index (κ1) is 21.6. The zero-order valence-electron chi connectivity index (χ0n) is 15.2. The summed E-state index contributed by atoms with van der Waals surface area (Å²) in [5.41, 5.74) is 1.09. The minimum Gasteiger partial charge on any atom is -0.481 e. The van der Waals surface area contributed by atoms with E-state index in [4.69, 9.17) is 16.3 Å². The zero-order valence-corrected chi connectivity index (χ0v) is 16.7. The summed E-state index contributed by atoms with van der Waals surface area (Å²) in [5, 5.41) is 9.51. The Kier molecular flexibility index (Phi) is 6.93. The Morgan fingerprint density at radius 3 is 2.18 bits per heavy atom. The van der Waals surface area contributed by atoms with Gasteiger partial charge in [0.25, 0.3) is 0 Å². The molecule has 0 saturated carbocycles. The van der Waals surface area contributed by atoms with E-state index in [0.717, 1.165) is 6.26 Å². The first-order valence-corrected chi connectivity index (χ1v) is 10.4. The van der Waals surface area contributed by atoms with E-state index in [9.17, 15) is 23.1 Å². The molecule has 0 amide bonds. The average Bonchev–Trinajstić information content (AvgIpc) is 2.62. The Hall–Kier alpha value is -2.71. The number of carbonyl (C=O) groups excluding carboxylic acids is 1. The molecule has 0 bridgehead atoms. The third kappa shape index (κ3) is 5.40. The van der Waals surface area contributed by atoms with Gasteiger partial charge in [-0.25, -0.2) is 18.2 Å². The molecule has 0 aliphatic rings. The Labute approximate surface area is 167 Å². The van der Waals surface area contributed by atoms with Crippen LogP contribution < -0.4 is 0 Å². The number of sulfone groups is 1. The Balaban J connectivity index is 2.75. The highest BCUT2D eigenvalue weighted by atomic mass is 35.5. The molecule has 2 aromatic rings. The molecule has 0 unspecified atom stereocenters. The van der Waals surface area contributed by atoms with Gasteiger partial charge < -0.3 is 9.84 Å². The van der Waals surface area contributed by atoms with Crippen molar-refractivity contribution in [3.05, 3.63) is 64.4 Å². The summed E-state index contributed by atoms with van der Waals surface area (Å²) < 4.78 is 28.4. The van der Waals surface area contributed by atoms with Gasteiger partial charge in [0, 0.05) is 23.6 Å². The lowest BCUT2D eigenvalue weighted by Gasteiger charge is -2.15. The molecular weight excluding hydrogens is 406 g/mol. The first-order valence-electron chi connectivity index (χ1n) is 8.18. The summed E-state index contributed by atoms with van der Waals surface area (Å²) in [6, 6.07) is 8.87. The Morgan fingerprint density at radius 1 is 1.11 bits per heavy atom. The molecule has 1 aromatic heterocycles. The van der Waals surface area contributed by atoms with Crippen LogP contribution in [0.1, 0.15) is 24.5 Å². The summed E-state index contributed by atoms with van der Waals surface area (Å²) in [4.78, 5) is 27.9. The van der Waals surface area contributed by atoms with E-state index < -0.39 is 28.2 Å². The minimum absolute atomic E-state index is 0.0706. The molecule has 2 rings (SSSR count). The van der Waals surface area contributed by atoms with Crippen molar-refractivity contribution in [2.24, 2.45) is 0 Å². The lowest BCUT2D eigenvalue weighted by Crippen LogP contribution is -2.14. The first-order chi connectivity index (χ1) is 13.1. The second-order valence-corrected chi connectivity index (χ2v) is 8.21. The topological polar surface area (TPSA) is 111 Å². The summed E-state index contributed by atoms with van der Waals surface area (Å²) in [6.07, 6.45) is 1.91. The highest BCUT2D eigenvalue weighted by molar-refractivity contribution is 7.90. The van der Waals surface area contributed by atoms with Crippen LogP contribution in [0.4, 0.5) is 0 Å². The van der Waals surface area contributed by atoms with E-state index in [2.05, 4.69) is 4.98 Å². The smallest absolute Gasteiger partial charge is 0.335 e. The summed E-state index contributed by atoms with van der Waals surface area (Å²) >= 11 is 5.83. The third-order valence-electron chi connectivity index (χ3n) is 3.74. The predicted octanol–water partition coefficient (Wildman–Crippen LogP) is 2.98. The van der Waals surface area contributed by atoms with Crippen LogP contribution in [-0.2, 0) is 24.2 Å². The summed E-state index contributed by atoms with van der Waals surface area (Å²) in [5.74, 6) is -1.99. The van der Waals surface area contributed by atoms with E-state index in [1.807, 2.05) is 0 Å². The quantitative estimate of drug-likeness (QED) is 0.414. The molecule has 28 heavy (non-hydrogen) atoms. The largest absolute Gasteiger partial charge is 0.481 e. The number of rotatable bonds is 7. The van der Waals surface area contributed by atoms with E-state index in [1.54, 1.807) is 13.0 Å². The van der Waals surface area contributed by atoms with Gasteiger partial charge in [-0.3, -0.25) is 4.79 Å². The molecule has 0 saturated heterocycles. The third-order valence-corrected chi connectivity index (χ3v) is 5.09. The molecule has 1 aromatic carbocycles. The number of nitrogens with zero attached hydrogens (tertiary/aromatic N) is 1. The molecule has 9 heteroatoms. The van der Waals surface area contributed by atoms with Gasteiger partial charge in [-0.1, -0.05) is 23.7 Å². The second kappa shape index (κ2) is 8.99. The van der Waals surface area contributed by atoms with E-state index in [-0.39, 0.29) is 27.8 Å². The van der Waals surface area contributed by atoms with Crippen LogP contribution in [-0.4, -0.2) is 43.3 Å².